The maximum absolute atomic E-state index is 12.4. The third kappa shape index (κ3) is 3.00. The van der Waals surface area contributed by atoms with Gasteiger partial charge in [-0.3, -0.25) is 9.59 Å². The first-order chi connectivity index (χ1) is 9.50. The normalized spacial score (nSPS) is 18.6. The van der Waals surface area contributed by atoms with Crippen molar-refractivity contribution in [3.63, 3.8) is 0 Å². The van der Waals surface area contributed by atoms with Crippen LogP contribution in [0, 0.1) is 5.92 Å². The van der Waals surface area contributed by atoms with E-state index in [4.69, 9.17) is 0 Å². The van der Waals surface area contributed by atoms with Crippen molar-refractivity contribution in [3.05, 3.63) is 18.2 Å². The van der Waals surface area contributed by atoms with E-state index in [1.807, 2.05) is 11.1 Å². The molecule has 1 N–H and O–H groups in total. The molecule has 0 radical (unpaired) electrons. The first-order valence-corrected chi connectivity index (χ1v) is 7.05. The number of fused-ring (bicyclic) bond motifs is 1. The van der Waals surface area contributed by atoms with Gasteiger partial charge in [0.2, 0.25) is 11.8 Å². The summed E-state index contributed by atoms with van der Waals surface area (Å²) in [5.41, 5.74) is 0. The molecule has 20 heavy (non-hydrogen) atoms. The van der Waals surface area contributed by atoms with Gasteiger partial charge in [-0.15, -0.1) is 0 Å². The van der Waals surface area contributed by atoms with Crippen molar-refractivity contribution < 1.29 is 9.59 Å². The Morgan fingerprint density at radius 1 is 1.45 bits per heavy atom. The highest BCUT2D eigenvalue weighted by Crippen LogP contribution is 2.30. The minimum atomic E-state index is -0.184. The first-order valence-electron chi connectivity index (χ1n) is 7.05. The second-order valence-corrected chi connectivity index (χ2v) is 5.52. The van der Waals surface area contributed by atoms with Crippen LogP contribution in [0.25, 0.3) is 0 Å². The third-order valence-electron chi connectivity index (χ3n) is 3.59. The smallest absolute Gasteiger partial charge is 0.242 e. The van der Waals surface area contributed by atoms with Crippen molar-refractivity contribution in [2.45, 2.75) is 39.8 Å². The molecule has 2 rings (SSSR count). The molecule has 2 heterocycles. The molecule has 1 aliphatic rings. The highest BCUT2D eigenvalue weighted by atomic mass is 16.2. The summed E-state index contributed by atoms with van der Waals surface area (Å²) in [6.45, 7) is 7.23. The fourth-order valence-corrected chi connectivity index (χ4v) is 2.71. The summed E-state index contributed by atoms with van der Waals surface area (Å²) in [5, 5.41) is 2.58. The van der Waals surface area contributed by atoms with Crippen LogP contribution in [0.4, 0.5) is 0 Å². The van der Waals surface area contributed by atoms with Gasteiger partial charge in [-0.1, -0.05) is 13.8 Å². The SMILES string of the molecule is CC(=O)NCC(=O)N1CCCn2ccnc2C1C(C)C. The number of aromatic nitrogens is 2. The van der Waals surface area contributed by atoms with Crippen molar-refractivity contribution in [2.24, 2.45) is 5.92 Å². The van der Waals surface area contributed by atoms with Crippen molar-refractivity contribution in [1.82, 2.24) is 19.8 Å². The number of nitrogens with zero attached hydrogens (tertiary/aromatic N) is 3. The predicted octanol–water partition coefficient (Wildman–Crippen LogP) is 0.949. The van der Waals surface area contributed by atoms with Gasteiger partial charge in [0.15, 0.2) is 0 Å². The van der Waals surface area contributed by atoms with Crippen LogP contribution in [0.2, 0.25) is 0 Å². The highest BCUT2D eigenvalue weighted by molar-refractivity contribution is 5.84. The lowest BCUT2D eigenvalue weighted by atomic mass is 10.0. The zero-order valence-electron chi connectivity index (χ0n) is 12.3. The van der Waals surface area contributed by atoms with E-state index in [0.29, 0.717) is 6.54 Å². The maximum Gasteiger partial charge on any atom is 0.242 e. The fraction of sp³-hybridized carbons (Fsp3) is 0.643. The standard InChI is InChI=1S/C14H22N4O2/c1-10(2)13-14-15-5-8-17(14)6-4-7-18(13)12(20)9-16-11(3)19/h5,8,10,13H,4,6-7,9H2,1-3H3,(H,16,19). The molecular weight excluding hydrogens is 256 g/mol. The van der Waals surface area contributed by atoms with E-state index in [1.165, 1.54) is 6.92 Å². The Labute approximate surface area is 119 Å². The number of carbonyl (C=O) groups is 2. The molecule has 0 saturated carbocycles. The molecule has 1 aromatic rings. The molecule has 0 fully saturated rings. The van der Waals surface area contributed by atoms with E-state index in [2.05, 4.69) is 28.7 Å². The van der Waals surface area contributed by atoms with Gasteiger partial charge in [0.25, 0.3) is 0 Å². The molecule has 6 heteroatoms. The second-order valence-electron chi connectivity index (χ2n) is 5.52. The molecule has 0 aliphatic carbocycles. The van der Waals surface area contributed by atoms with Crippen molar-refractivity contribution in [3.8, 4) is 0 Å². The van der Waals surface area contributed by atoms with E-state index in [1.54, 1.807) is 6.20 Å². The number of hydrogen-bond donors (Lipinski definition) is 1. The first kappa shape index (κ1) is 14.6. The molecule has 1 aliphatic heterocycles. The molecule has 1 atom stereocenters. The zero-order valence-corrected chi connectivity index (χ0v) is 12.3. The summed E-state index contributed by atoms with van der Waals surface area (Å²) in [6, 6.07) is -0.0336. The van der Waals surface area contributed by atoms with E-state index >= 15 is 0 Å². The van der Waals surface area contributed by atoms with Gasteiger partial charge in [-0.05, 0) is 12.3 Å². The molecule has 0 saturated heterocycles. The lowest BCUT2D eigenvalue weighted by Crippen LogP contribution is -2.43. The van der Waals surface area contributed by atoms with Crippen LogP contribution >= 0.6 is 0 Å². The molecule has 1 aromatic heterocycles. The fourth-order valence-electron chi connectivity index (χ4n) is 2.71. The summed E-state index contributed by atoms with van der Waals surface area (Å²) in [6.07, 6.45) is 4.65. The van der Waals surface area contributed by atoms with E-state index in [9.17, 15) is 9.59 Å². The summed E-state index contributed by atoms with van der Waals surface area (Å²) < 4.78 is 2.12. The minimum absolute atomic E-state index is 0.0336. The van der Waals surface area contributed by atoms with Crippen LogP contribution < -0.4 is 5.32 Å². The predicted molar refractivity (Wildman–Crippen MR) is 74.8 cm³/mol. The van der Waals surface area contributed by atoms with Gasteiger partial charge in [-0.25, -0.2) is 4.98 Å². The van der Waals surface area contributed by atoms with Crippen LogP contribution in [0.5, 0.6) is 0 Å². The van der Waals surface area contributed by atoms with Crippen molar-refractivity contribution in [1.29, 1.82) is 0 Å². The van der Waals surface area contributed by atoms with Gasteiger partial charge in [0.1, 0.15) is 5.82 Å². The van der Waals surface area contributed by atoms with Crippen LogP contribution in [-0.2, 0) is 16.1 Å². The lowest BCUT2D eigenvalue weighted by Gasteiger charge is -2.32. The topological polar surface area (TPSA) is 67.2 Å². The van der Waals surface area contributed by atoms with E-state index < -0.39 is 0 Å². The maximum atomic E-state index is 12.4. The summed E-state index contributed by atoms with van der Waals surface area (Å²) >= 11 is 0. The Bertz CT molecular complexity index is 495. The molecule has 0 spiro atoms. The highest BCUT2D eigenvalue weighted by Gasteiger charge is 2.32. The van der Waals surface area contributed by atoms with Crippen LogP contribution in [-0.4, -0.2) is 39.4 Å². The number of rotatable bonds is 3. The van der Waals surface area contributed by atoms with Gasteiger partial charge < -0.3 is 14.8 Å². The molecule has 2 amide bonds. The average molecular weight is 278 g/mol. The third-order valence-corrected chi connectivity index (χ3v) is 3.59. The number of imidazole rings is 1. The largest absolute Gasteiger partial charge is 0.347 e. The summed E-state index contributed by atoms with van der Waals surface area (Å²) in [4.78, 5) is 29.6. The molecule has 0 bridgehead atoms. The van der Waals surface area contributed by atoms with Crippen molar-refractivity contribution >= 4 is 11.8 Å². The van der Waals surface area contributed by atoms with Gasteiger partial charge >= 0.3 is 0 Å². The van der Waals surface area contributed by atoms with Crippen LogP contribution in [0.3, 0.4) is 0 Å². The second kappa shape index (κ2) is 6.07. The number of nitrogens with one attached hydrogen (secondary N) is 1. The number of aryl methyl sites for hydroxylation is 1. The Morgan fingerprint density at radius 3 is 2.85 bits per heavy atom. The van der Waals surface area contributed by atoms with Crippen LogP contribution in [0.1, 0.15) is 39.1 Å². The molecule has 1 unspecified atom stereocenters. The van der Waals surface area contributed by atoms with Gasteiger partial charge in [-0.2, -0.15) is 0 Å². The average Bonchev–Trinajstić information content (AvgIpc) is 2.75. The Hall–Kier alpha value is -1.85. The Balaban J connectivity index is 2.22. The number of carbonyl (C=O) groups excluding carboxylic acids is 2. The van der Waals surface area contributed by atoms with E-state index in [0.717, 1.165) is 18.8 Å². The summed E-state index contributed by atoms with van der Waals surface area (Å²) in [7, 11) is 0. The lowest BCUT2D eigenvalue weighted by molar-refractivity contribution is -0.135. The monoisotopic (exact) mass is 278 g/mol. The Morgan fingerprint density at radius 2 is 2.20 bits per heavy atom. The van der Waals surface area contributed by atoms with E-state index in [-0.39, 0.29) is 30.3 Å². The van der Waals surface area contributed by atoms with Crippen molar-refractivity contribution in [2.75, 3.05) is 13.1 Å². The molecule has 110 valence electrons. The van der Waals surface area contributed by atoms with Crippen LogP contribution in [0.15, 0.2) is 12.4 Å². The zero-order chi connectivity index (χ0) is 14.7. The van der Waals surface area contributed by atoms with Gasteiger partial charge in [0, 0.05) is 32.4 Å². The molecule has 0 aromatic carbocycles. The molecular formula is C14H22N4O2. The van der Waals surface area contributed by atoms with Gasteiger partial charge in [0.05, 0.1) is 12.6 Å². The quantitative estimate of drug-likeness (QED) is 0.895. The molecule has 6 nitrogen and oxygen atoms in total. The summed E-state index contributed by atoms with van der Waals surface area (Å²) in [5.74, 6) is 0.982. The number of amides is 2. The number of hydrogen-bond acceptors (Lipinski definition) is 3. The Kier molecular flexibility index (Phi) is 4.42. The minimum Gasteiger partial charge on any atom is -0.347 e.